The van der Waals surface area contributed by atoms with Gasteiger partial charge in [-0.3, -0.25) is 19.8 Å². The molecule has 3 aliphatic rings. The van der Waals surface area contributed by atoms with Crippen LogP contribution in [0.2, 0.25) is 0 Å². The summed E-state index contributed by atoms with van der Waals surface area (Å²) < 4.78 is 11.4. The molecule has 2 aliphatic heterocycles. The molecular weight excluding hydrogens is 522 g/mol. The highest BCUT2D eigenvalue weighted by Gasteiger charge is 2.28. The maximum Gasteiger partial charge on any atom is 0.407 e. The third kappa shape index (κ3) is 9.60. The Morgan fingerprint density at radius 1 is 1.07 bits per heavy atom. The smallest absolute Gasteiger partial charge is 0.407 e. The average Bonchev–Trinajstić information content (AvgIpc) is 2.89. The van der Waals surface area contributed by atoms with Crippen LogP contribution < -0.4 is 20.9 Å². The summed E-state index contributed by atoms with van der Waals surface area (Å²) in [5, 5.41) is 8.55. The van der Waals surface area contributed by atoms with Crippen LogP contribution in [0.3, 0.4) is 0 Å². The molecule has 41 heavy (non-hydrogen) atoms. The Bertz CT molecular complexity index is 1060. The van der Waals surface area contributed by atoms with Crippen molar-refractivity contribution in [1.29, 1.82) is 0 Å². The molecule has 1 unspecified atom stereocenters. The highest BCUT2D eigenvalue weighted by molar-refractivity contribution is 6.01. The zero-order valence-electron chi connectivity index (χ0n) is 25.5. The molecule has 4 rings (SSSR count). The fraction of sp³-hybridized carbons (Fsp3) is 0.710. The average molecular weight is 572 g/mol. The lowest BCUT2D eigenvalue weighted by Gasteiger charge is -2.39. The van der Waals surface area contributed by atoms with Crippen LogP contribution in [-0.4, -0.2) is 85.9 Å². The van der Waals surface area contributed by atoms with Gasteiger partial charge in [0.15, 0.2) is 0 Å². The van der Waals surface area contributed by atoms with Crippen LogP contribution in [0, 0.1) is 12.8 Å². The Morgan fingerprint density at radius 2 is 1.78 bits per heavy atom. The number of anilines is 2. The molecule has 2 saturated heterocycles. The van der Waals surface area contributed by atoms with Gasteiger partial charge in [0.25, 0.3) is 0 Å². The minimum Gasteiger partial charge on any atom is -0.444 e. The van der Waals surface area contributed by atoms with Crippen LogP contribution in [0.5, 0.6) is 0 Å². The van der Waals surface area contributed by atoms with E-state index in [-0.39, 0.29) is 30.0 Å². The molecule has 10 heteroatoms. The number of carbonyl (C=O) groups excluding carboxylic acids is 3. The summed E-state index contributed by atoms with van der Waals surface area (Å²) in [6, 6.07) is 5.82. The molecule has 0 bridgehead atoms. The van der Waals surface area contributed by atoms with Gasteiger partial charge < -0.3 is 25.0 Å². The van der Waals surface area contributed by atoms with E-state index in [1.54, 1.807) is 0 Å². The number of hydrogen-bond donors (Lipinski definition) is 3. The van der Waals surface area contributed by atoms with Crippen molar-refractivity contribution >= 4 is 29.3 Å². The number of nitrogens with zero attached hydrogens (tertiary/aromatic N) is 2. The van der Waals surface area contributed by atoms with E-state index < -0.39 is 11.7 Å². The quantitative estimate of drug-likeness (QED) is 0.384. The number of imide groups is 1. The molecular formula is C31H49N5O5. The lowest BCUT2D eigenvalue weighted by molar-refractivity contribution is -0.133. The summed E-state index contributed by atoms with van der Waals surface area (Å²) >= 11 is 0. The first-order valence-corrected chi connectivity index (χ1v) is 15.2. The van der Waals surface area contributed by atoms with Gasteiger partial charge in [-0.1, -0.05) is 0 Å². The Hall–Kier alpha value is -2.85. The third-order valence-electron chi connectivity index (χ3n) is 8.15. The third-order valence-corrected chi connectivity index (χ3v) is 8.15. The van der Waals surface area contributed by atoms with Crippen LogP contribution in [0.25, 0.3) is 0 Å². The van der Waals surface area contributed by atoms with E-state index in [0.29, 0.717) is 25.4 Å². The van der Waals surface area contributed by atoms with Crippen molar-refractivity contribution in [3.8, 4) is 0 Å². The van der Waals surface area contributed by atoms with E-state index in [0.717, 1.165) is 51.3 Å². The van der Waals surface area contributed by atoms with Crippen LogP contribution in [-0.2, 0) is 19.1 Å². The van der Waals surface area contributed by atoms with Gasteiger partial charge in [0.05, 0.1) is 18.8 Å². The number of nitrogens with one attached hydrogen (secondary N) is 3. The van der Waals surface area contributed by atoms with Crippen molar-refractivity contribution in [3.63, 3.8) is 0 Å². The predicted molar refractivity (Wildman–Crippen MR) is 160 cm³/mol. The topological polar surface area (TPSA) is 112 Å². The number of benzene rings is 1. The molecule has 10 nitrogen and oxygen atoms in total. The number of aryl methyl sites for hydroxylation is 1. The lowest BCUT2D eigenvalue weighted by Crippen LogP contribution is -2.48. The summed E-state index contributed by atoms with van der Waals surface area (Å²) in [5.74, 6) is 0.261. The first kappa shape index (κ1) is 31.1. The standard InChI is InChI=1S/C31H49N5O5/c1-21-18-24(33-26-11-13-28(37)34-29(26)38)8-12-27(21)36-16-14-35(15-17-36)19-23-6-9-25(10-7-23)40-20-22(2)32-30(39)41-31(3,4)5/h8,12,18,22-23,25-26,33H,6-7,9-11,13-17,19-20H2,1-5H3,(H,32,39)(H,34,37,38)/t22-,23?,25?,26?/m1/s1. The van der Waals surface area contributed by atoms with Gasteiger partial charge in [-0.05, 0) is 96.4 Å². The van der Waals surface area contributed by atoms with Gasteiger partial charge in [0.1, 0.15) is 11.6 Å². The number of rotatable bonds is 9. The zero-order valence-corrected chi connectivity index (χ0v) is 25.5. The normalized spacial score (nSPS) is 24.9. The maximum absolute atomic E-state index is 12.1. The summed E-state index contributed by atoms with van der Waals surface area (Å²) in [7, 11) is 0. The predicted octanol–water partition coefficient (Wildman–Crippen LogP) is 3.82. The van der Waals surface area contributed by atoms with Crippen molar-refractivity contribution in [2.75, 3.05) is 49.5 Å². The Morgan fingerprint density at radius 3 is 2.41 bits per heavy atom. The fourth-order valence-electron chi connectivity index (χ4n) is 5.98. The summed E-state index contributed by atoms with van der Waals surface area (Å²) in [4.78, 5) is 40.5. The SMILES string of the molecule is Cc1cc(NC2CCC(=O)NC2=O)ccc1N1CCN(CC2CCC(OC[C@@H](C)NC(=O)OC(C)(C)C)CC2)CC1. The number of amides is 3. The van der Waals surface area contributed by atoms with Crippen molar-refractivity contribution in [2.45, 2.75) is 96.9 Å². The minimum atomic E-state index is -0.501. The van der Waals surface area contributed by atoms with Gasteiger partial charge >= 0.3 is 6.09 Å². The summed E-state index contributed by atoms with van der Waals surface area (Å²) in [5.41, 5.74) is 2.84. The number of piperazine rings is 1. The number of ether oxygens (including phenoxy) is 2. The van der Waals surface area contributed by atoms with Gasteiger partial charge in [0, 0.05) is 50.5 Å². The molecule has 1 saturated carbocycles. The fourth-order valence-corrected chi connectivity index (χ4v) is 5.98. The van der Waals surface area contributed by atoms with Crippen molar-refractivity contribution < 1.29 is 23.9 Å². The molecule has 0 spiro atoms. The molecule has 2 atom stereocenters. The Balaban J connectivity index is 1.13. The van der Waals surface area contributed by atoms with E-state index in [2.05, 4.69) is 44.8 Å². The number of piperidine rings is 1. The van der Waals surface area contributed by atoms with E-state index in [1.165, 1.54) is 24.1 Å². The first-order chi connectivity index (χ1) is 19.4. The van der Waals surface area contributed by atoms with Crippen LogP contribution in [0.15, 0.2) is 18.2 Å². The number of alkyl carbamates (subject to hydrolysis) is 1. The largest absolute Gasteiger partial charge is 0.444 e. The Labute approximate surface area is 244 Å². The van der Waals surface area contributed by atoms with Crippen molar-refractivity contribution in [3.05, 3.63) is 23.8 Å². The summed E-state index contributed by atoms with van der Waals surface area (Å²) in [6.45, 7) is 15.4. The van der Waals surface area contributed by atoms with E-state index in [9.17, 15) is 14.4 Å². The minimum absolute atomic E-state index is 0.0830. The monoisotopic (exact) mass is 571 g/mol. The molecule has 0 radical (unpaired) electrons. The molecule has 228 valence electrons. The molecule has 1 aliphatic carbocycles. The second-order valence-corrected chi connectivity index (χ2v) is 13.0. The van der Waals surface area contributed by atoms with Crippen molar-refractivity contribution in [1.82, 2.24) is 15.5 Å². The molecule has 0 aromatic heterocycles. The van der Waals surface area contributed by atoms with Crippen LogP contribution in [0.1, 0.15) is 71.8 Å². The lowest BCUT2D eigenvalue weighted by atomic mass is 9.87. The Kier molecular flexibility index (Phi) is 10.5. The second kappa shape index (κ2) is 13.9. The molecule has 3 amide bonds. The molecule has 1 aromatic carbocycles. The van der Waals surface area contributed by atoms with Gasteiger partial charge in [-0.2, -0.15) is 0 Å². The van der Waals surface area contributed by atoms with Gasteiger partial charge in [0.2, 0.25) is 11.8 Å². The maximum atomic E-state index is 12.1. The van der Waals surface area contributed by atoms with E-state index >= 15 is 0 Å². The van der Waals surface area contributed by atoms with Gasteiger partial charge in [-0.25, -0.2) is 4.79 Å². The molecule has 2 heterocycles. The van der Waals surface area contributed by atoms with E-state index in [4.69, 9.17) is 9.47 Å². The number of carbonyl (C=O) groups is 3. The second-order valence-electron chi connectivity index (χ2n) is 13.0. The van der Waals surface area contributed by atoms with Gasteiger partial charge in [-0.15, -0.1) is 0 Å². The first-order valence-electron chi connectivity index (χ1n) is 15.2. The zero-order chi connectivity index (χ0) is 29.6. The van der Waals surface area contributed by atoms with E-state index in [1.807, 2.05) is 33.8 Å². The molecule has 3 N–H and O–H groups in total. The number of hydrogen-bond acceptors (Lipinski definition) is 8. The van der Waals surface area contributed by atoms with Crippen LogP contribution >= 0.6 is 0 Å². The highest BCUT2D eigenvalue weighted by Crippen LogP contribution is 2.29. The highest BCUT2D eigenvalue weighted by atomic mass is 16.6. The van der Waals surface area contributed by atoms with Crippen LogP contribution in [0.4, 0.5) is 16.2 Å². The molecule has 1 aromatic rings. The van der Waals surface area contributed by atoms with Crippen molar-refractivity contribution in [2.24, 2.45) is 5.92 Å². The molecule has 3 fully saturated rings. The summed E-state index contributed by atoms with van der Waals surface area (Å²) in [6.07, 6.45) is 5.26.